The number of hydrogen-bond donors (Lipinski definition) is 0. The number of nitrogens with zero attached hydrogens (tertiary/aromatic N) is 6. The van der Waals surface area contributed by atoms with Crippen LogP contribution in [0.2, 0.25) is 0 Å². The molecule has 26 rings (SSSR count). The van der Waals surface area contributed by atoms with Crippen LogP contribution in [-0.2, 0) is 38.9 Å². The van der Waals surface area contributed by atoms with E-state index < -0.39 is 0 Å². The molecule has 0 aliphatic carbocycles. The molecule has 0 unspecified atom stereocenters. The Morgan fingerprint density at radius 1 is 0.211 bits per heavy atom. The molecule has 0 saturated carbocycles. The van der Waals surface area contributed by atoms with Gasteiger partial charge in [0.2, 0.25) is 0 Å². The molecule has 0 fully saturated rings. The van der Waals surface area contributed by atoms with Crippen molar-refractivity contribution in [2.75, 3.05) is 9.80 Å². The fraction of sp³-hybridized carbons (Fsp3) is 0.190. The first-order chi connectivity index (χ1) is 63.8. The Morgan fingerprint density at radius 3 is 0.955 bits per heavy atom. The van der Waals surface area contributed by atoms with E-state index in [-0.39, 0.29) is 32.5 Å². The maximum Gasteiger partial charge on any atom is 0.159 e. The van der Waals surface area contributed by atoms with E-state index in [1.807, 2.05) is 0 Å². The highest BCUT2D eigenvalue weighted by Crippen LogP contribution is 2.55. The molecule has 0 saturated heterocycles. The van der Waals surface area contributed by atoms with E-state index in [0.717, 1.165) is 73.6 Å². The smallest absolute Gasteiger partial charge is 0.159 e. The zero-order chi connectivity index (χ0) is 90.6. The fourth-order valence-corrected chi connectivity index (χ4v) is 23.2. The van der Waals surface area contributed by atoms with Crippen LogP contribution in [-0.4, -0.2) is 17.6 Å². The van der Waals surface area contributed by atoms with Gasteiger partial charge in [-0.2, -0.15) is 0 Å². The second kappa shape index (κ2) is 27.3. The third-order valence-electron chi connectivity index (χ3n) is 30.3. The third kappa shape index (κ3) is 11.6. The Labute approximate surface area is 774 Å². The lowest BCUT2D eigenvalue weighted by Gasteiger charge is -2.27. The van der Waals surface area contributed by atoms with Gasteiger partial charge in [-0.1, -0.05) is 275 Å². The maximum atomic E-state index is 7.79. The van der Waals surface area contributed by atoms with Gasteiger partial charge in [0.15, 0.2) is 5.58 Å². The summed E-state index contributed by atoms with van der Waals surface area (Å²) < 4.78 is 18.2. The molecule has 133 heavy (non-hydrogen) atoms. The molecular formula is C126H106N6O. The van der Waals surface area contributed by atoms with E-state index >= 15 is 0 Å². The minimum Gasteiger partial charge on any atom is -0.453 e. The number of furan rings is 1. The van der Waals surface area contributed by atoms with Crippen LogP contribution in [0.5, 0.6) is 0 Å². The van der Waals surface area contributed by atoms with Gasteiger partial charge in [-0.25, -0.2) is 0 Å². The van der Waals surface area contributed by atoms with Gasteiger partial charge in [-0.15, -0.1) is 0 Å². The van der Waals surface area contributed by atoms with Crippen LogP contribution in [0.3, 0.4) is 0 Å². The van der Waals surface area contributed by atoms with E-state index in [1.54, 1.807) is 0 Å². The van der Waals surface area contributed by atoms with Crippen LogP contribution < -0.4 is 9.80 Å². The second-order valence-electron chi connectivity index (χ2n) is 44.3. The van der Waals surface area contributed by atoms with Crippen molar-refractivity contribution in [3.05, 3.63) is 360 Å². The maximum absolute atomic E-state index is 7.79. The van der Waals surface area contributed by atoms with Crippen molar-refractivity contribution in [1.82, 2.24) is 17.6 Å². The number of fused-ring (bicyclic) bond motifs is 27. The van der Waals surface area contributed by atoms with Crippen LogP contribution in [0.25, 0.3) is 197 Å². The fourth-order valence-electron chi connectivity index (χ4n) is 23.2. The summed E-state index contributed by atoms with van der Waals surface area (Å²) in [5.74, 6) is 0. The number of aromatic nitrogens is 4. The highest BCUT2D eigenvalue weighted by atomic mass is 16.3. The molecule has 0 N–H and O–H groups in total. The molecule has 9 aromatic heterocycles. The van der Waals surface area contributed by atoms with Crippen molar-refractivity contribution in [3.63, 3.8) is 0 Å². The van der Waals surface area contributed by atoms with Crippen molar-refractivity contribution >= 4 is 208 Å². The van der Waals surface area contributed by atoms with Gasteiger partial charge in [0.1, 0.15) is 5.58 Å². The van der Waals surface area contributed by atoms with Crippen LogP contribution in [0.1, 0.15) is 157 Å². The van der Waals surface area contributed by atoms with Crippen molar-refractivity contribution in [2.24, 2.45) is 0 Å². The van der Waals surface area contributed by atoms with Crippen molar-refractivity contribution in [2.45, 2.75) is 157 Å². The topological polar surface area (TPSA) is 37.3 Å². The van der Waals surface area contributed by atoms with Crippen LogP contribution in [0, 0.1) is 0 Å². The first kappa shape index (κ1) is 79.3. The number of rotatable bonds is 11. The zero-order valence-corrected chi connectivity index (χ0v) is 78.9. The third-order valence-corrected chi connectivity index (χ3v) is 30.3. The minimum atomic E-state index is -0.349. The molecule has 0 aliphatic heterocycles. The van der Waals surface area contributed by atoms with E-state index in [1.165, 1.54) is 202 Å². The number of hydrogen-bond acceptors (Lipinski definition) is 3. The predicted molar refractivity (Wildman–Crippen MR) is 569 cm³/mol. The molecule has 0 radical (unpaired) electrons. The first-order valence-electron chi connectivity index (χ1n) is 47.6. The number of anilines is 6. The average molecular weight is 1720 g/mol. The van der Waals surface area contributed by atoms with Crippen LogP contribution in [0.4, 0.5) is 34.1 Å². The minimum absolute atomic E-state index is 0.00839. The summed E-state index contributed by atoms with van der Waals surface area (Å²) in [6.45, 7) is 40.2. The normalized spacial score (nSPS) is 13.3. The molecular weight excluding hydrogens is 1610 g/mol. The van der Waals surface area contributed by atoms with E-state index in [9.17, 15) is 0 Å². The molecule has 0 bridgehead atoms. The van der Waals surface area contributed by atoms with Crippen molar-refractivity contribution < 1.29 is 4.42 Å². The van der Waals surface area contributed by atoms with Gasteiger partial charge < -0.3 is 31.8 Å². The summed E-state index contributed by atoms with van der Waals surface area (Å²) >= 11 is 0. The molecule has 7 nitrogen and oxygen atoms in total. The highest BCUT2D eigenvalue weighted by Gasteiger charge is 2.35. The van der Waals surface area contributed by atoms with E-state index in [0.29, 0.717) is 0 Å². The SMILES string of the molecule is CC(C)(C)c1ccc2c(c1)c1cc(C(C)(C)C)cc3c4cc5c(cc4n2c13)c1cc(C(C)(C)C)cc2c3ccc(N(c4ccccc4)c4cccc6c4oc4c(-c7ccccc7)c(CC(C)(C)c7ccc8c(c7)c7cc(C(C)(C)C)cc9c%10cc%11c(cc%10n8c79)c7cc(C(C)(C)C)cc8c9ccc(N(c%10ccccc%10)c%10ccc(-c%12ccccc%12)cc%10)cc9n%11c87)ccc46)cc3n5c21. The van der Waals surface area contributed by atoms with Gasteiger partial charge in [0.25, 0.3) is 0 Å². The lowest BCUT2D eigenvalue weighted by atomic mass is 9.77. The molecule has 0 amide bonds. The molecule has 0 atom stereocenters. The number of para-hydroxylation sites is 3. The Hall–Kier alpha value is -14.7. The lowest BCUT2D eigenvalue weighted by Crippen LogP contribution is -2.21. The number of benzene rings is 17. The largest absolute Gasteiger partial charge is 0.453 e. The van der Waals surface area contributed by atoms with Gasteiger partial charge in [-0.3, -0.25) is 0 Å². The Bertz CT molecular complexity index is 9360. The van der Waals surface area contributed by atoms with Gasteiger partial charge in [0.05, 0.1) is 71.9 Å². The quantitative estimate of drug-likeness (QED) is 0.130. The Morgan fingerprint density at radius 2 is 0.526 bits per heavy atom. The lowest BCUT2D eigenvalue weighted by molar-refractivity contribution is 0.523. The summed E-state index contributed by atoms with van der Waals surface area (Å²) in [4.78, 5) is 4.85. The molecule has 0 aliphatic rings. The highest BCUT2D eigenvalue weighted by molar-refractivity contribution is 6.32. The Balaban J connectivity index is 0.616. The molecule has 0 spiro atoms. The van der Waals surface area contributed by atoms with Crippen LogP contribution in [0.15, 0.2) is 326 Å². The second-order valence-corrected chi connectivity index (χ2v) is 44.3. The monoisotopic (exact) mass is 1720 g/mol. The molecule has 646 valence electrons. The summed E-state index contributed by atoms with van der Waals surface area (Å²) in [5.41, 5.74) is 36.1. The summed E-state index contributed by atoms with van der Waals surface area (Å²) in [7, 11) is 0. The molecule has 17 aromatic carbocycles. The van der Waals surface area contributed by atoms with E-state index in [2.05, 4.69) is 467 Å². The predicted octanol–water partition coefficient (Wildman–Crippen LogP) is 35.5. The molecule has 26 aromatic rings. The van der Waals surface area contributed by atoms with Crippen molar-refractivity contribution in [1.29, 1.82) is 0 Å². The van der Waals surface area contributed by atoms with Gasteiger partial charge in [-0.05, 0) is 258 Å². The van der Waals surface area contributed by atoms with Crippen molar-refractivity contribution in [3.8, 4) is 22.3 Å². The summed E-state index contributed by atoms with van der Waals surface area (Å²) in [6, 6.07) is 123. The van der Waals surface area contributed by atoms with E-state index in [4.69, 9.17) is 4.42 Å². The summed E-state index contributed by atoms with van der Waals surface area (Å²) in [5, 5.41) is 22.7. The first-order valence-corrected chi connectivity index (χ1v) is 47.6. The zero-order valence-electron chi connectivity index (χ0n) is 78.9. The molecule has 9 heterocycles. The van der Waals surface area contributed by atoms with Gasteiger partial charge in [0, 0.05) is 131 Å². The average Bonchev–Trinajstić information content (AvgIpc) is 1.51. The van der Waals surface area contributed by atoms with Gasteiger partial charge >= 0.3 is 0 Å². The van der Waals surface area contributed by atoms with Crippen LogP contribution >= 0.6 is 0 Å². The summed E-state index contributed by atoms with van der Waals surface area (Å²) in [6.07, 6.45) is 0.755. The molecule has 7 heteroatoms. The Kier molecular flexibility index (Phi) is 16.3. The standard InChI is InChI=1S/C126H106N6O/c1-121(2,3)76-44-53-105-91(55-76)99-59-80(124(10,11)12)63-103-93-70-113-96(67-110(93)129(105)117(99)103)102-62-79(123(7,8)9)58-98-88-52-49-86(66-109(88)132(113)116(98)102)128(83-37-28-21-29-38-83)107-40-30-39-89-90-50-43-75(114(120(90)133-119(89)107)74-33-24-19-25-34-74)71-126(16,17)77-45-54-106-92(56-77)100-60-81(125(13,14)15)64-104-94-69-112-95(68-111(94)130(106)118(100)104)101-61-78(122(4,5)6)57-97-87-51-48-85(65-108(87)131(112)115(97)101)127(82-35-26-20-27-36-82)84-46-41-73(42-47-84)72-31-22-18-23-32-72/h18-70H,71H2,1-17H3.